The van der Waals surface area contributed by atoms with Gasteiger partial charge in [-0.1, -0.05) is 146 Å². The number of ether oxygens (including phenoxy) is 4. The summed E-state index contributed by atoms with van der Waals surface area (Å²) in [6, 6.07) is 47.3. The van der Waals surface area contributed by atoms with E-state index in [1.165, 1.54) is 67.3 Å². The zero-order chi connectivity index (χ0) is 103. The molecule has 4 aromatic heterocycles. The molecule has 4 amide bonds. The van der Waals surface area contributed by atoms with Crippen molar-refractivity contribution in [2.45, 2.75) is 138 Å². The number of nitrogens with one attached hydrogen (secondary N) is 6. The third-order valence-electron chi connectivity index (χ3n) is 20.8. The number of terminal acetylenes is 4. The van der Waals surface area contributed by atoms with Gasteiger partial charge in [0.1, 0.15) is 23.0 Å². The van der Waals surface area contributed by atoms with Crippen molar-refractivity contribution in [1.29, 1.82) is 0 Å². The van der Waals surface area contributed by atoms with Gasteiger partial charge in [-0.25, -0.2) is 38.7 Å². The number of sulfonamides is 4. The third-order valence-corrected chi connectivity index (χ3v) is 27.9. The number of benzene rings is 8. The number of carbonyl (C=O) groups is 4. The number of nitrogens with zero attached hydrogens (tertiary/aromatic N) is 11. The summed E-state index contributed by atoms with van der Waals surface area (Å²) >= 11 is 25.9. The minimum absolute atomic E-state index is 0.0784. The summed E-state index contributed by atoms with van der Waals surface area (Å²) in [5.41, 5.74) is 8.37. The fourth-order valence-electron chi connectivity index (χ4n) is 13.5. The Kier molecular flexibility index (Phi) is 46.4. The van der Waals surface area contributed by atoms with Crippen molar-refractivity contribution >= 4 is 122 Å². The first-order valence-electron chi connectivity index (χ1n) is 45.0. The lowest BCUT2D eigenvalue weighted by molar-refractivity contribution is -0.132. The van der Waals surface area contributed by atoms with Crippen LogP contribution in [-0.2, 0) is 114 Å². The Morgan fingerprint density at radius 1 is 0.399 bits per heavy atom. The molecule has 4 heterocycles. The molecule has 0 fully saturated rings. The summed E-state index contributed by atoms with van der Waals surface area (Å²) < 4.78 is 139. The fraction of sp³-hybridized carbons (Fsp3) is 0.297. The SMILES string of the molecule is C#CCNS(=O)(=O)c1ccc(CCN(Cc2cc(Cl)ccc2OCCC)C(=O)Cc2cnc[nH]2)cc1.C#CCNS(=O)(=O)c1ccc(CCN(Cc2cc(Cl)ccc2OCCC)C(=O)Cc2cnccn2)cc1.C#CCNS(=O)(=O)c1ccc(CCN(Cc2cc(Cl)ccc2OCCC)C(=O)c2cn[nH]n2)cc1.C#CCNS(=O)(=O)c1ccc(CCN(Cc2cc(Cl)ccc2OCCC)C(=O)c2cnsn2)cc1. The molecule has 8 aromatic carbocycles. The Hall–Kier alpha value is -13.1. The topological polar surface area (TPSA) is 425 Å². The maximum Gasteiger partial charge on any atom is 0.276 e. The van der Waals surface area contributed by atoms with Crippen LogP contribution in [0.3, 0.4) is 0 Å². The lowest BCUT2D eigenvalue weighted by Gasteiger charge is -2.24. The first kappa shape index (κ1) is 113. The smallest absolute Gasteiger partial charge is 0.276 e. The van der Waals surface area contributed by atoms with Crippen molar-refractivity contribution in [2.75, 3.05) is 78.8 Å². The second-order valence-corrected chi connectivity index (χ2v) is 40.8. The van der Waals surface area contributed by atoms with E-state index >= 15 is 0 Å². The normalized spacial score (nSPS) is 11.1. The molecular formula is C101H109Cl4N17O16S5. The highest BCUT2D eigenvalue weighted by Crippen LogP contribution is 2.32. The molecule has 0 saturated carbocycles. The third kappa shape index (κ3) is 37.3. The number of aromatic amines is 2. The lowest BCUT2D eigenvalue weighted by Crippen LogP contribution is -2.34. The van der Waals surface area contributed by atoms with E-state index in [1.54, 1.807) is 148 Å². The summed E-state index contributed by atoms with van der Waals surface area (Å²) in [5.74, 6) is 10.9. The Bertz CT molecular complexity index is 6590. The van der Waals surface area contributed by atoms with Crippen LogP contribution < -0.4 is 37.8 Å². The van der Waals surface area contributed by atoms with Gasteiger partial charge in [-0.05, 0) is 195 Å². The number of imidazole rings is 1. The van der Waals surface area contributed by atoms with Crippen LogP contribution in [-0.4, -0.2) is 200 Å². The van der Waals surface area contributed by atoms with Gasteiger partial charge in [0.2, 0.25) is 51.9 Å². The molecule has 0 saturated heterocycles. The van der Waals surface area contributed by atoms with E-state index in [1.807, 2.05) is 45.9 Å². The van der Waals surface area contributed by atoms with E-state index in [0.717, 1.165) is 81.9 Å². The molecule has 0 atom stereocenters. The molecular weight excluding hydrogens is 2010 g/mol. The Morgan fingerprint density at radius 2 is 0.727 bits per heavy atom. The number of hydrogen-bond donors (Lipinski definition) is 6. The van der Waals surface area contributed by atoms with Crippen LogP contribution in [0.5, 0.6) is 23.0 Å². The average Bonchev–Trinajstić information content (AvgIpc) is 1.36. The summed E-state index contributed by atoms with van der Waals surface area (Å²) in [4.78, 5) is 75.3. The van der Waals surface area contributed by atoms with Crippen molar-refractivity contribution in [3.8, 4) is 72.4 Å². The largest absolute Gasteiger partial charge is 0.493 e. The highest BCUT2D eigenvalue weighted by Gasteiger charge is 2.27. The van der Waals surface area contributed by atoms with E-state index in [2.05, 4.69) is 86.7 Å². The van der Waals surface area contributed by atoms with E-state index in [-0.39, 0.29) is 107 Å². The van der Waals surface area contributed by atoms with Crippen molar-refractivity contribution < 1.29 is 71.8 Å². The van der Waals surface area contributed by atoms with E-state index in [0.29, 0.717) is 146 Å². The van der Waals surface area contributed by atoms with Gasteiger partial charge in [-0.2, -0.15) is 43.0 Å². The van der Waals surface area contributed by atoms with Crippen molar-refractivity contribution in [3.05, 3.63) is 301 Å². The number of hydrogen-bond acceptors (Lipinski definition) is 24. The average molecular weight is 2120 g/mol. The molecule has 0 unspecified atom stereocenters. The van der Waals surface area contributed by atoms with Gasteiger partial charge in [0.05, 0.1) is 121 Å². The van der Waals surface area contributed by atoms with Gasteiger partial charge >= 0.3 is 0 Å². The summed E-state index contributed by atoms with van der Waals surface area (Å²) in [5, 5.41) is 12.3. The molecule has 143 heavy (non-hydrogen) atoms. The number of H-pyrrole nitrogens is 2. The van der Waals surface area contributed by atoms with Crippen LogP contribution in [0.25, 0.3) is 0 Å². The number of halogens is 4. The van der Waals surface area contributed by atoms with Crippen LogP contribution in [0, 0.1) is 49.4 Å². The number of rotatable bonds is 50. The minimum Gasteiger partial charge on any atom is -0.493 e. The molecule has 12 aromatic rings. The summed E-state index contributed by atoms with van der Waals surface area (Å²) in [6.07, 6.45) is 36.8. The number of carbonyl (C=O) groups excluding carboxylic acids is 4. The highest BCUT2D eigenvalue weighted by molar-refractivity contribution is 7.90. The lowest BCUT2D eigenvalue weighted by atomic mass is 10.1. The molecule has 6 N–H and O–H groups in total. The number of amides is 4. The van der Waals surface area contributed by atoms with Gasteiger partial charge < -0.3 is 43.5 Å². The van der Waals surface area contributed by atoms with Crippen LogP contribution in [0.2, 0.25) is 20.1 Å². The maximum atomic E-state index is 13.3. The zero-order valence-corrected chi connectivity index (χ0v) is 86.0. The molecule has 42 heteroatoms. The quantitative estimate of drug-likeness (QED) is 0.0193. The van der Waals surface area contributed by atoms with E-state index in [4.69, 9.17) is 91.0 Å². The van der Waals surface area contributed by atoms with Crippen molar-refractivity contribution in [2.24, 2.45) is 0 Å². The van der Waals surface area contributed by atoms with E-state index < -0.39 is 40.1 Å². The molecule has 0 radical (unpaired) electrons. The summed E-state index contributed by atoms with van der Waals surface area (Å²) in [6.45, 7) is 12.5. The maximum absolute atomic E-state index is 13.3. The fourth-order valence-corrected chi connectivity index (χ4v) is 18.4. The molecule has 0 bridgehead atoms. The standard InChI is InChI=1S/C27H29ClN4O4S.C26H29ClN4O4S.C24H26ClN5O4S.C24H25ClN4O4S2/c1-3-12-31-37(34,35)25-8-5-21(6-9-25)11-15-32(27(33)18-24-19-29-13-14-30-24)20-22-17-23(28)7-10-26(22)36-16-4-2;1-3-12-30-36(33,34)24-8-5-20(6-9-24)11-13-31(26(32)16-23-17-28-19-29-23)18-21-15-22(27)7-10-25(21)35-14-4-2;1-3-12-27-35(32,33)21-8-5-18(6-9-21)11-13-30(24(31)22-16-26-29-28-22)17-19-15-20(25)7-10-23(19)34-14-4-2;1-3-12-27-35(31,32)21-8-5-18(6-9-21)11-13-29(24(30)22-16-26-34-28-22)17-19-15-20(25)7-10-23(19)33-14-4-2/h1,5-10,13-14,17,19,31H,4,11-12,15-16,18,20H2,2H3;1,5-10,15,17,19,30H,4,11-14,16,18H2,2H3,(H,28,29);1,5-10,15-16,27H,4,11-14,17H2,2H3,(H,26,28,29);1,5-10,15-16,27H,4,11-14,17H2,2H3. The van der Waals surface area contributed by atoms with Crippen LogP contribution in [0.4, 0.5) is 0 Å². The van der Waals surface area contributed by atoms with Crippen LogP contribution in [0.15, 0.2) is 233 Å². The van der Waals surface area contributed by atoms with E-state index in [9.17, 15) is 52.8 Å². The molecule has 12 rings (SSSR count). The zero-order valence-electron chi connectivity index (χ0n) is 78.9. The Morgan fingerprint density at radius 3 is 1.01 bits per heavy atom. The molecule has 0 aliphatic heterocycles. The molecule has 752 valence electrons. The highest BCUT2D eigenvalue weighted by atomic mass is 35.5. The Balaban J connectivity index is 0.000000213. The van der Waals surface area contributed by atoms with Gasteiger partial charge in [0.15, 0.2) is 11.4 Å². The van der Waals surface area contributed by atoms with Crippen molar-refractivity contribution in [3.63, 3.8) is 0 Å². The second kappa shape index (κ2) is 58.4. The Labute approximate surface area is 859 Å². The van der Waals surface area contributed by atoms with Gasteiger partial charge in [-0.3, -0.25) is 29.1 Å². The van der Waals surface area contributed by atoms with Crippen LogP contribution >= 0.6 is 58.1 Å². The number of aromatic nitrogens is 9. The monoisotopic (exact) mass is 2120 g/mol. The van der Waals surface area contributed by atoms with Crippen LogP contribution in [0.1, 0.15) is 130 Å². The summed E-state index contributed by atoms with van der Waals surface area (Å²) in [7, 11) is -14.7. The first-order chi connectivity index (χ1) is 68.8. The second-order valence-electron chi connectivity index (χ2n) is 31.5. The van der Waals surface area contributed by atoms with Crippen molar-refractivity contribution in [1.82, 2.24) is 82.6 Å². The van der Waals surface area contributed by atoms with Gasteiger partial charge in [0.25, 0.3) is 11.8 Å². The molecule has 0 spiro atoms. The predicted molar refractivity (Wildman–Crippen MR) is 550 cm³/mol. The minimum atomic E-state index is -3.67. The first-order valence-corrected chi connectivity index (χ1v) is 53.2. The molecule has 33 nitrogen and oxygen atoms in total. The molecule has 0 aliphatic rings. The predicted octanol–water partition coefficient (Wildman–Crippen LogP) is 14.0. The van der Waals surface area contributed by atoms with Gasteiger partial charge in [0, 0.05) is 125 Å². The van der Waals surface area contributed by atoms with Gasteiger partial charge in [-0.15, -0.1) is 25.7 Å². The molecule has 0 aliphatic carbocycles.